The van der Waals surface area contributed by atoms with Gasteiger partial charge in [0.05, 0.1) is 25.0 Å². The lowest BCUT2D eigenvalue weighted by molar-refractivity contribution is -0.130. The highest BCUT2D eigenvalue weighted by Gasteiger charge is 2.32. The zero-order valence-corrected chi connectivity index (χ0v) is 14.5. The zero-order chi connectivity index (χ0) is 16.5. The summed E-state index contributed by atoms with van der Waals surface area (Å²) in [5.74, 6) is 0.665. The normalized spacial score (nSPS) is 19.9. The molecule has 1 heterocycles. The summed E-state index contributed by atoms with van der Waals surface area (Å²) < 4.78 is 28.4. The van der Waals surface area contributed by atoms with Crippen LogP contribution < -0.4 is 4.74 Å². The van der Waals surface area contributed by atoms with Crippen molar-refractivity contribution in [1.29, 1.82) is 0 Å². The highest BCUT2D eigenvalue weighted by molar-refractivity contribution is 7.91. The molecule has 1 aromatic rings. The number of nitrogens with zero attached hydrogens (tertiary/aromatic N) is 1. The summed E-state index contributed by atoms with van der Waals surface area (Å²) in [4.78, 5) is 13.9. The van der Waals surface area contributed by atoms with Crippen molar-refractivity contribution in [3.63, 3.8) is 0 Å². The van der Waals surface area contributed by atoms with E-state index >= 15 is 0 Å². The Hall–Kier alpha value is -1.27. The molecule has 1 aliphatic heterocycles. The van der Waals surface area contributed by atoms with Gasteiger partial charge in [0.15, 0.2) is 9.84 Å². The first-order valence-corrected chi connectivity index (χ1v) is 9.22. The van der Waals surface area contributed by atoms with Crippen LogP contribution in [0.25, 0.3) is 0 Å². The first kappa shape index (κ1) is 17.1. The summed E-state index contributed by atoms with van der Waals surface area (Å²) in [7, 11) is 0.183. The maximum absolute atomic E-state index is 12.4. The van der Waals surface area contributed by atoms with E-state index in [1.807, 2.05) is 6.92 Å². The molecular weight excluding hydrogens is 326 g/mol. The second-order valence-corrected chi connectivity index (χ2v) is 8.29. The minimum absolute atomic E-state index is 0.0427. The number of benzene rings is 1. The Labute approximate surface area is 136 Å². The summed E-state index contributed by atoms with van der Waals surface area (Å²) in [6.45, 7) is 1.87. The monoisotopic (exact) mass is 345 g/mol. The van der Waals surface area contributed by atoms with Gasteiger partial charge in [0, 0.05) is 23.7 Å². The molecule has 7 heteroatoms. The summed E-state index contributed by atoms with van der Waals surface area (Å²) in [6, 6.07) is 3.28. The van der Waals surface area contributed by atoms with Gasteiger partial charge in [-0.1, -0.05) is 11.6 Å². The van der Waals surface area contributed by atoms with Crippen molar-refractivity contribution in [3.05, 3.63) is 28.3 Å². The van der Waals surface area contributed by atoms with E-state index in [0.717, 1.165) is 5.56 Å². The van der Waals surface area contributed by atoms with Crippen molar-refractivity contribution in [2.75, 3.05) is 25.7 Å². The number of carbonyl (C=O) groups excluding carboxylic acids is 1. The largest absolute Gasteiger partial charge is 0.496 e. The Balaban J connectivity index is 2.13. The molecule has 0 radical (unpaired) electrons. The van der Waals surface area contributed by atoms with Crippen LogP contribution in [0.5, 0.6) is 5.75 Å². The standard InChI is InChI=1S/C15H20ClNO4S/c1-10-6-14(21-3)11(7-13(10)16)8-15(18)17(2)12-4-5-22(19,20)9-12/h6-7,12H,4-5,8-9H2,1-3H3. The predicted molar refractivity (Wildman–Crippen MR) is 86.3 cm³/mol. The number of sulfone groups is 1. The molecule has 0 spiro atoms. The lowest BCUT2D eigenvalue weighted by Gasteiger charge is -2.24. The molecule has 122 valence electrons. The van der Waals surface area contributed by atoms with Crippen molar-refractivity contribution in [2.45, 2.75) is 25.8 Å². The van der Waals surface area contributed by atoms with Gasteiger partial charge in [0.1, 0.15) is 5.75 Å². The number of rotatable bonds is 4. The molecule has 0 aromatic heterocycles. The number of amides is 1. The fraction of sp³-hybridized carbons (Fsp3) is 0.533. The maximum Gasteiger partial charge on any atom is 0.227 e. The Morgan fingerprint density at radius 1 is 1.45 bits per heavy atom. The second kappa shape index (κ2) is 6.46. The SMILES string of the molecule is COc1cc(C)c(Cl)cc1CC(=O)N(C)C1CCS(=O)(=O)C1. The highest BCUT2D eigenvalue weighted by Crippen LogP contribution is 2.27. The van der Waals surface area contributed by atoms with Crippen LogP contribution >= 0.6 is 11.6 Å². The molecule has 1 fully saturated rings. The molecule has 1 aromatic carbocycles. The third-order valence-electron chi connectivity index (χ3n) is 4.05. The molecular formula is C15H20ClNO4S. The van der Waals surface area contributed by atoms with Crippen LogP contribution in [0.2, 0.25) is 5.02 Å². The smallest absolute Gasteiger partial charge is 0.227 e. The third kappa shape index (κ3) is 3.73. The summed E-state index contributed by atoms with van der Waals surface area (Å²) >= 11 is 6.11. The maximum atomic E-state index is 12.4. The van der Waals surface area contributed by atoms with Crippen molar-refractivity contribution in [3.8, 4) is 5.75 Å². The van der Waals surface area contributed by atoms with Gasteiger partial charge in [-0.3, -0.25) is 4.79 Å². The minimum Gasteiger partial charge on any atom is -0.496 e. The van der Waals surface area contributed by atoms with E-state index in [1.165, 1.54) is 4.90 Å². The van der Waals surface area contributed by atoms with Gasteiger partial charge in [0.25, 0.3) is 0 Å². The fourth-order valence-electron chi connectivity index (χ4n) is 2.60. The van der Waals surface area contributed by atoms with E-state index < -0.39 is 9.84 Å². The van der Waals surface area contributed by atoms with Crippen LogP contribution in [-0.2, 0) is 21.1 Å². The number of aryl methyl sites for hydroxylation is 1. The van der Waals surface area contributed by atoms with Crippen molar-refractivity contribution in [1.82, 2.24) is 4.90 Å². The Morgan fingerprint density at radius 2 is 2.14 bits per heavy atom. The molecule has 1 saturated heterocycles. The lowest BCUT2D eigenvalue weighted by atomic mass is 10.1. The molecule has 2 rings (SSSR count). The quantitative estimate of drug-likeness (QED) is 0.835. The Kier molecular flexibility index (Phi) is 5.02. The first-order chi connectivity index (χ1) is 10.2. The number of hydrogen-bond acceptors (Lipinski definition) is 4. The summed E-state index contributed by atoms with van der Waals surface area (Å²) in [5, 5.41) is 0.578. The van der Waals surface area contributed by atoms with E-state index in [2.05, 4.69) is 0 Å². The third-order valence-corrected chi connectivity index (χ3v) is 6.21. The number of ether oxygens (including phenoxy) is 1. The summed E-state index contributed by atoms with van der Waals surface area (Å²) in [6.07, 6.45) is 0.632. The molecule has 0 bridgehead atoms. The molecule has 0 N–H and O–H groups in total. The van der Waals surface area contributed by atoms with Gasteiger partial charge in [-0.25, -0.2) is 8.42 Å². The first-order valence-electron chi connectivity index (χ1n) is 7.02. The topological polar surface area (TPSA) is 63.7 Å². The van der Waals surface area contributed by atoms with E-state index in [9.17, 15) is 13.2 Å². The van der Waals surface area contributed by atoms with Crippen molar-refractivity contribution < 1.29 is 17.9 Å². The van der Waals surface area contributed by atoms with Gasteiger partial charge in [0.2, 0.25) is 5.91 Å². The molecule has 1 aliphatic rings. The van der Waals surface area contributed by atoms with Crippen LogP contribution in [-0.4, -0.2) is 50.9 Å². The molecule has 1 unspecified atom stereocenters. The van der Waals surface area contributed by atoms with E-state index in [4.69, 9.17) is 16.3 Å². The van der Waals surface area contributed by atoms with Gasteiger partial charge in [-0.05, 0) is 31.0 Å². The molecule has 1 amide bonds. The number of carbonyl (C=O) groups is 1. The average Bonchev–Trinajstić information content (AvgIpc) is 2.81. The molecule has 1 atom stereocenters. The van der Waals surface area contributed by atoms with Crippen LogP contribution in [0, 0.1) is 6.92 Å². The number of halogens is 1. The number of likely N-dealkylation sites (N-methyl/N-ethyl adjacent to an activating group) is 1. The average molecular weight is 346 g/mol. The van der Waals surface area contributed by atoms with Crippen LogP contribution in [0.1, 0.15) is 17.5 Å². The summed E-state index contributed by atoms with van der Waals surface area (Å²) in [5.41, 5.74) is 1.58. The highest BCUT2D eigenvalue weighted by atomic mass is 35.5. The molecule has 0 aliphatic carbocycles. The van der Waals surface area contributed by atoms with Crippen molar-refractivity contribution in [2.24, 2.45) is 0 Å². The fourth-order valence-corrected chi connectivity index (χ4v) is 4.56. The van der Waals surface area contributed by atoms with E-state index in [1.54, 1.807) is 26.3 Å². The Morgan fingerprint density at radius 3 is 2.68 bits per heavy atom. The number of methoxy groups -OCH3 is 1. The van der Waals surface area contributed by atoms with Gasteiger partial charge in [-0.2, -0.15) is 0 Å². The lowest BCUT2D eigenvalue weighted by Crippen LogP contribution is -2.38. The number of hydrogen-bond donors (Lipinski definition) is 0. The molecule has 22 heavy (non-hydrogen) atoms. The van der Waals surface area contributed by atoms with Gasteiger partial charge >= 0.3 is 0 Å². The van der Waals surface area contributed by atoms with Crippen LogP contribution in [0.15, 0.2) is 12.1 Å². The molecule has 0 saturated carbocycles. The van der Waals surface area contributed by atoms with E-state index in [-0.39, 0.29) is 29.9 Å². The predicted octanol–water partition coefficient (Wildman–Crippen LogP) is 1.85. The van der Waals surface area contributed by atoms with Crippen LogP contribution in [0.3, 0.4) is 0 Å². The van der Waals surface area contributed by atoms with Crippen LogP contribution in [0.4, 0.5) is 0 Å². The Bertz CT molecular complexity index is 687. The van der Waals surface area contributed by atoms with Gasteiger partial charge < -0.3 is 9.64 Å². The van der Waals surface area contributed by atoms with Crippen molar-refractivity contribution >= 4 is 27.3 Å². The van der Waals surface area contributed by atoms with E-state index in [0.29, 0.717) is 22.8 Å². The zero-order valence-electron chi connectivity index (χ0n) is 12.9. The van der Waals surface area contributed by atoms with Gasteiger partial charge in [-0.15, -0.1) is 0 Å². The second-order valence-electron chi connectivity index (χ2n) is 5.65. The minimum atomic E-state index is -3.01. The molecule has 5 nitrogen and oxygen atoms in total.